The van der Waals surface area contributed by atoms with Crippen LogP contribution < -0.4 is 0 Å². The Hall–Kier alpha value is -2.30. The lowest BCUT2D eigenvalue weighted by molar-refractivity contribution is 0.150. The number of imidazole rings is 1. The summed E-state index contributed by atoms with van der Waals surface area (Å²) in [6.45, 7) is 0.974. The molecule has 1 aliphatic heterocycles. The number of carboxylic acid groups (broad SMARTS) is 1. The van der Waals surface area contributed by atoms with Crippen molar-refractivity contribution >= 4 is 17.2 Å². The maximum atomic E-state index is 11.0. The van der Waals surface area contributed by atoms with Gasteiger partial charge in [-0.25, -0.2) is 9.78 Å². The van der Waals surface area contributed by atoms with Crippen molar-refractivity contribution in [2.45, 2.75) is 6.42 Å². The molecule has 0 unspecified atom stereocenters. The number of nitrogens with zero attached hydrogens (tertiary/aromatic N) is 3. The monoisotopic (exact) mass is 243 g/mol. The lowest BCUT2D eigenvalue weighted by Crippen LogP contribution is -2.34. The van der Waals surface area contributed by atoms with Gasteiger partial charge in [0.15, 0.2) is 0 Å². The van der Waals surface area contributed by atoms with Gasteiger partial charge >= 0.3 is 6.09 Å². The molecular formula is C13H13N3O2. The maximum Gasteiger partial charge on any atom is 0.407 e. The van der Waals surface area contributed by atoms with Crippen molar-refractivity contribution in [1.29, 1.82) is 0 Å². The van der Waals surface area contributed by atoms with Crippen molar-refractivity contribution in [2.24, 2.45) is 0 Å². The molecule has 0 saturated heterocycles. The molecule has 0 aliphatic carbocycles. The highest BCUT2D eigenvalue weighted by Crippen LogP contribution is 2.23. The summed E-state index contributed by atoms with van der Waals surface area (Å²) < 4.78 is 1.94. The second-order valence-corrected chi connectivity index (χ2v) is 4.31. The van der Waals surface area contributed by atoms with Crippen LogP contribution in [0.5, 0.6) is 0 Å². The molecule has 1 amide bonds. The molecule has 0 fully saturated rings. The summed E-state index contributed by atoms with van der Waals surface area (Å²) in [7, 11) is 0. The molecule has 5 nitrogen and oxygen atoms in total. The van der Waals surface area contributed by atoms with Gasteiger partial charge in [0.05, 0.1) is 24.1 Å². The van der Waals surface area contributed by atoms with Crippen LogP contribution in [0.3, 0.4) is 0 Å². The number of rotatable bonds is 1. The highest BCUT2D eigenvalue weighted by atomic mass is 16.4. The van der Waals surface area contributed by atoms with Crippen LogP contribution in [0.15, 0.2) is 36.8 Å². The minimum absolute atomic E-state index is 0.414. The van der Waals surface area contributed by atoms with E-state index >= 15 is 0 Å². The van der Waals surface area contributed by atoms with E-state index in [0.29, 0.717) is 13.1 Å². The van der Waals surface area contributed by atoms with E-state index in [9.17, 15) is 4.79 Å². The third-order valence-electron chi connectivity index (χ3n) is 3.17. The SMILES string of the molecule is O=C(O)N1CCC=C(c2ncn3ccccc23)C1. The molecule has 2 aromatic heterocycles. The fourth-order valence-electron chi connectivity index (χ4n) is 2.27. The normalized spacial score (nSPS) is 15.8. The standard InChI is InChI=1S/C13H13N3O2/c17-13(18)15-7-3-4-10(8-15)12-11-5-1-2-6-16(11)9-14-12/h1-2,4-6,9H,3,7-8H2,(H,17,18). The van der Waals surface area contributed by atoms with Gasteiger partial charge in [-0.2, -0.15) is 0 Å². The molecule has 18 heavy (non-hydrogen) atoms. The molecular weight excluding hydrogens is 230 g/mol. The number of fused-ring (bicyclic) bond motifs is 1. The Kier molecular flexibility index (Phi) is 2.51. The predicted molar refractivity (Wildman–Crippen MR) is 67.4 cm³/mol. The molecule has 3 heterocycles. The highest BCUT2D eigenvalue weighted by molar-refractivity contribution is 5.79. The lowest BCUT2D eigenvalue weighted by Gasteiger charge is -2.23. The van der Waals surface area contributed by atoms with Gasteiger partial charge in [-0.15, -0.1) is 0 Å². The summed E-state index contributed by atoms with van der Waals surface area (Å²) in [6, 6.07) is 5.89. The molecule has 92 valence electrons. The Morgan fingerprint density at radius 3 is 3.11 bits per heavy atom. The van der Waals surface area contributed by atoms with Gasteiger partial charge in [0.25, 0.3) is 0 Å². The zero-order valence-corrected chi connectivity index (χ0v) is 9.78. The summed E-state index contributed by atoms with van der Waals surface area (Å²) in [5, 5.41) is 9.04. The minimum atomic E-state index is -0.871. The van der Waals surface area contributed by atoms with E-state index in [4.69, 9.17) is 5.11 Å². The average molecular weight is 243 g/mol. The smallest absolute Gasteiger partial charge is 0.407 e. The van der Waals surface area contributed by atoms with Crippen LogP contribution >= 0.6 is 0 Å². The second-order valence-electron chi connectivity index (χ2n) is 4.31. The Balaban J connectivity index is 2.00. The van der Waals surface area contributed by atoms with Gasteiger partial charge in [0.2, 0.25) is 0 Å². The van der Waals surface area contributed by atoms with Crippen molar-refractivity contribution in [3.63, 3.8) is 0 Å². The number of amides is 1. The Labute approximate surface area is 104 Å². The van der Waals surface area contributed by atoms with E-state index < -0.39 is 6.09 Å². The second kappa shape index (κ2) is 4.18. The topological polar surface area (TPSA) is 57.8 Å². The van der Waals surface area contributed by atoms with E-state index in [1.807, 2.05) is 28.8 Å². The van der Waals surface area contributed by atoms with Crippen molar-refractivity contribution in [3.8, 4) is 0 Å². The Morgan fingerprint density at radius 1 is 1.39 bits per heavy atom. The van der Waals surface area contributed by atoms with E-state index in [2.05, 4.69) is 11.1 Å². The van der Waals surface area contributed by atoms with Gasteiger partial charge in [-0.3, -0.25) is 0 Å². The van der Waals surface area contributed by atoms with E-state index in [-0.39, 0.29) is 0 Å². The summed E-state index contributed by atoms with van der Waals surface area (Å²) >= 11 is 0. The third-order valence-corrected chi connectivity index (χ3v) is 3.17. The molecule has 2 aromatic rings. The summed E-state index contributed by atoms with van der Waals surface area (Å²) in [5.74, 6) is 0. The number of aromatic nitrogens is 2. The van der Waals surface area contributed by atoms with Crippen molar-refractivity contribution < 1.29 is 9.90 Å². The van der Waals surface area contributed by atoms with Crippen LogP contribution in [-0.4, -0.2) is 38.6 Å². The molecule has 1 N–H and O–H groups in total. The van der Waals surface area contributed by atoms with Crippen LogP contribution in [0.4, 0.5) is 4.79 Å². The molecule has 0 atom stereocenters. The van der Waals surface area contributed by atoms with Crippen molar-refractivity contribution in [3.05, 3.63) is 42.5 Å². The molecule has 0 aromatic carbocycles. The van der Waals surface area contributed by atoms with Crippen LogP contribution in [0.2, 0.25) is 0 Å². The molecule has 3 rings (SSSR count). The van der Waals surface area contributed by atoms with Gasteiger partial charge in [0.1, 0.15) is 0 Å². The van der Waals surface area contributed by atoms with Crippen molar-refractivity contribution in [1.82, 2.24) is 14.3 Å². The zero-order valence-electron chi connectivity index (χ0n) is 9.78. The van der Waals surface area contributed by atoms with Gasteiger partial charge in [0, 0.05) is 12.7 Å². The first-order valence-electron chi connectivity index (χ1n) is 5.84. The average Bonchev–Trinajstić information content (AvgIpc) is 2.82. The van der Waals surface area contributed by atoms with Crippen LogP contribution in [-0.2, 0) is 0 Å². The number of pyridine rings is 1. The van der Waals surface area contributed by atoms with E-state index in [1.54, 1.807) is 6.33 Å². The molecule has 0 spiro atoms. The molecule has 0 radical (unpaired) electrons. The fraction of sp³-hybridized carbons (Fsp3) is 0.231. The molecule has 1 aliphatic rings. The summed E-state index contributed by atoms with van der Waals surface area (Å²) in [5.41, 5.74) is 2.87. The van der Waals surface area contributed by atoms with Gasteiger partial charge in [-0.05, 0) is 24.1 Å². The summed E-state index contributed by atoms with van der Waals surface area (Å²) in [6.07, 6.45) is 5.64. The number of hydrogen-bond donors (Lipinski definition) is 1. The Bertz CT molecular complexity index is 630. The zero-order chi connectivity index (χ0) is 12.5. The van der Waals surface area contributed by atoms with Crippen LogP contribution in [0, 0.1) is 0 Å². The fourth-order valence-corrected chi connectivity index (χ4v) is 2.27. The van der Waals surface area contributed by atoms with Crippen LogP contribution in [0.25, 0.3) is 11.1 Å². The van der Waals surface area contributed by atoms with Crippen LogP contribution in [0.1, 0.15) is 12.1 Å². The maximum absolute atomic E-state index is 11.0. The van der Waals surface area contributed by atoms with E-state index in [1.165, 1.54) is 4.90 Å². The highest BCUT2D eigenvalue weighted by Gasteiger charge is 2.20. The quantitative estimate of drug-likeness (QED) is 0.834. The predicted octanol–water partition coefficient (Wildman–Crippen LogP) is 2.10. The summed E-state index contributed by atoms with van der Waals surface area (Å²) in [4.78, 5) is 16.8. The van der Waals surface area contributed by atoms with E-state index in [0.717, 1.165) is 23.2 Å². The first kappa shape index (κ1) is 10.8. The largest absolute Gasteiger partial charge is 0.465 e. The lowest BCUT2D eigenvalue weighted by atomic mass is 10.1. The molecule has 5 heteroatoms. The first-order valence-corrected chi connectivity index (χ1v) is 5.84. The number of carbonyl (C=O) groups is 1. The Morgan fingerprint density at radius 2 is 2.28 bits per heavy atom. The third kappa shape index (κ3) is 1.73. The van der Waals surface area contributed by atoms with Crippen molar-refractivity contribution in [2.75, 3.05) is 13.1 Å². The first-order chi connectivity index (χ1) is 8.75. The minimum Gasteiger partial charge on any atom is -0.465 e. The molecule has 0 bridgehead atoms. The van der Waals surface area contributed by atoms with Gasteiger partial charge < -0.3 is 14.4 Å². The molecule has 0 saturated carbocycles. The van der Waals surface area contributed by atoms with Gasteiger partial charge in [-0.1, -0.05) is 12.1 Å². The number of hydrogen-bond acceptors (Lipinski definition) is 2.